The second-order valence-corrected chi connectivity index (χ2v) is 9.66. The van der Waals surface area contributed by atoms with E-state index < -0.39 is 0 Å². The van der Waals surface area contributed by atoms with E-state index in [1.54, 1.807) is 4.90 Å². The molecule has 154 valence electrons. The minimum Gasteiger partial charge on any atom is -0.310 e. The van der Waals surface area contributed by atoms with Crippen molar-refractivity contribution in [3.8, 4) is 0 Å². The summed E-state index contributed by atoms with van der Waals surface area (Å²) in [6.07, 6.45) is 2.69. The summed E-state index contributed by atoms with van der Waals surface area (Å²) in [4.78, 5) is 33.8. The van der Waals surface area contributed by atoms with Gasteiger partial charge in [0.1, 0.15) is 0 Å². The fourth-order valence-corrected chi connectivity index (χ4v) is 5.08. The van der Waals surface area contributed by atoms with E-state index >= 15 is 0 Å². The van der Waals surface area contributed by atoms with Crippen LogP contribution < -0.4 is 10.2 Å². The van der Waals surface area contributed by atoms with Gasteiger partial charge in [0.2, 0.25) is 11.8 Å². The van der Waals surface area contributed by atoms with Crippen molar-refractivity contribution in [2.75, 3.05) is 29.9 Å². The molecule has 6 nitrogen and oxygen atoms in total. The molecule has 0 radical (unpaired) electrons. The third kappa shape index (κ3) is 4.87. The molecule has 2 aliphatic rings. The topological polar surface area (TPSA) is 65.5 Å². The molecule has 8 heteroatoms. The number of nitrogens with zero attached hydrogens (tertiary/aromatic N) is 3. The number of benzene rings is 1. The summed E-state index contributed by atoms with van der Waals surface area (Å²) >= 11 is 4.93. The van der Waals surface area contributed by atoms with Gasteiger partial charge in [-0.2, -0.15) is 0 Å². The zero-order valence-electron chi connectivity index (χ0n) is 16.4. The highest BCUT2D eigenvalue weighted by Crippen LogP contribution is 2.32. The third-order valence-corrected chi connectivity index (χ3v) is 7.16. The maximum Gasteiger partial charge on any atom is 0.231 e. The van der Waals surface area contributed by atoms with Crippen LogP contribution >= 0.6 is 27.3 Å². The van der Waals surface area contributed by atoms with Crippen molar-refractivity contribution in [2.45, 2.75) is 32.7 Å². The average molecular weight is 477 g/mol. The Bertz CT molecular complexity index is 894. The predicted octanol–water partition coefficient (Wildman–Crippen LogP) is 4.13. The zero-order valence-corrected chi connectivity index (χ0v) is 18.8. The van der Waals surface area contributed by atoms with Crippen LogP contribution in [0.3, 0.4) is 0 Å². The number of hydrogen-bond donors (Lipinski definition) is 1. The van der Waals surface area contributed by atoms with E-state index in [1.165, 1.54) is 24.2 Å². The van der Waals surface area contributed by atoms with Crippen molar-refractivity contribution >= 4 is 49.9 Å². The summed E-state index contributed by atoms with van der Waals surface area (Å²) in [5, 5.41) is 5.54. The smallest absolute Gasteiger partial charge is 0.231 e. The van der Waals surface area contributed by atoms with Crippen molar-refractivity contribution < 1.29 is 9.59 Å². The first kappa shape index (κ1) is 20.5. The Kier molecular flexibility index (Phi) is 6.32. The summed E-state index contributed by atoms with van der Waals surface area (Å²) in [6.45, 7) is 5.73. The molecule has 1 atom stereocenters. The van der Waals surface area contributed by atoms with Gasteiger partial charge in [0.15, 0.2) is 5.13 Å². The van der Waals surface area contributed by atoms with Gasteiger partial charge in [-0.15, -0.1) is 11.3 Å². The highest BCUT2D eigenvalue weighted by Gasteiger charge is 2.36. The van der Waals surface area contributed by atoms with Gasteiger partial charge in [-0.25, -0.2) is 4.98 Å². The number of carbonyl (C=O) groups is 2. The molecule has 4 rings (SSSR count). The molecular weight excluding hydrogens is 452 g/mol. The van der Waals surface area contributed by atoms with Crippen LogP contribution in [-0.2, 0) is 16.1 Å². The Morgan fingerprint density at radius 3 is 2.83 bits per heavy atom. The highest BCUT2D eigenvalue weighted by molar-refractivity contribution is 9.10. The van der Waals surface area contributed by atoms with Gasteiger partial charge in [0.25, 0.3) is 0 Å². The first-order valence-electron chi connectivity index (χ1n) is 10.0. The molecule has 1 unspecified atom stereocenters. The number of hydrogen-bond acceptors (Lipinski definition) is 5. The van der Waals surface area contributed by atoms with E-state index in [0.717, 1.165) is 41.4 Å². The highest BCUT2D eigenvalue weighted by atomic mass is 79.9. The summed E-state index contributed by atoms with van der Waals surface area (Å²) in [5.41, 5.74) is 1.80. The normalized spacial score (nSPS) is 21.0. The third-order valence-electron chi connectivity index (χ3n) is 5.68. The quantitative estimate of drug-likeness (QED) is 0.704. The number of nitrogens with one attached hydrogen (secondary N) is 1. The first-order valence-corrected chi connectivity index (χ1v) is 11.7. The molecule has 29 heavy (non-hydrogen) atoms. The van der Waals surface area contributed by atoms with Gasteiger partial charge >= 0.3 is 0 Å². The lowest BCUT2D eigenvalue weighted by Gasteiger charge is -2.29. The van der Waals surface area contributed by atoms with E-state index in [4.69, 9.17) is 0 Å². The molecule has 0 spiro atoms. The lowest BCUT2D eigenvalue weighted by molar-refractivity contribution is -0.122. The zero-order chi connectivity index (χ0) is 20.4. The molecule has 0 aliphatic carbocycles. The van der Waals surface area contributed by atoms with Gasteiger partial charge in [0, 0.05) is 29.4 Å². The Balaban J connectivity index is 1.34. The van der Waals surface area contributed by atoms with E-state index in [0.29, 0.717) is 11.7 Å². The van der Waals surface area contributed by atoms with Crippen LogP contribution in [0, 0.1) is 11.8 Å². The Hall–Kier alpha value is -1.77. The monoisotopic (exact) mass is 476 g/mol. The van der Waals surface area contributed by atoms with Gasteiger partial charge < -0.3 is 10.2 Å². The second-order valence-electron chi connectivity index (χ2n) is 7.95. The molecule has 3 heterocycles. The molecule has 2 amide bonds. The number of halogens is 1. The molecule has 2 aliphatic heterocycles. The van der Waals surface area contributed by atoms with Crippen molar-refractivity contribution in [2.24, 2.45) is 11.8 Å². The number of thiazole rings is 1. The van der Waals surface area contributed by atoms with Crippen LogP contribution in [0.2, 0.25) is 0 Å². The maximum absolute atomic E-state index is 12.7. The molecule has 0 saturated carbocycles. The van der Waals surface area contributed by atoms with Crippen LogP contribution in [0.5, 0.6) is 0 Å². The lowest BCUT2D eigenvalue weighted by atomic mass is 9.99. The molecule has 1 aromatic carbocycles. The Morgan fingerprint density at radius 2 is 2.07 bits per heavy atom. The number of piperidine rings is 1. The molecule has 0 bridgehead atoms. The van der Waals surface area contributed by atoms with E-state index in [9.17, 15) is 9.59 Å². The predicted molar refractivity (Wildman–Crippen MR) is 119 cm³/mol. The average Bonchev–Trinajstić information content (AvgIpc) is 3.30. The van der Waals surface area contributed by atoms with Crippen LogP contribution in [-0.4, -0.2) is 41.3 Å². The van der Waals surface area contributed by atoms with E-state index in [2.05, 4.69) is 38.1 Å². The van der Waals surface area contributed by atoms with Gasteiger partial charge in [-0.3, -0.25) is 14.5 Å². The number of likely N-dealkylation sites (tertiary alicyclic amines) is 1. The van der Waals surface area contributed by atoms with Crippen LogP contribution in [0.15, 0.2) is 34.1 Å². The fourth-order valence-electron chi connectivity index (χ4n) is 3.88. The molecule has 1 aromatic heterocycles. The van der Waals surface area contributed by atoms with Crippen LogP contribution in [0.25, 0.3) is 0 Å². The number of rotatable bonds is 5. The Morgan fingerprint density at radius 1 is 1.31 bits per heavy atom. The molecule has 2 saturated heterocycles. The molecule has 2 fully saturated rings. The number of aromatic nitrogens is 1. The van der Waals surface area contributed by atoms with Crippen molar-refractivity contribution in [1.82, 2.24) is 9.88 Å². The molecule has 2 aromatic rings. The minimum atomic E-state index is -0.370. The van der Waals surface area contributed by atoms with Crippen molar-refractivity contribution in [3.63, 3.8) is 0 Å². The molecule has 1 N–H and O–H groups in total. The maximum atomic E-state index is 12.7. The molecular formula is C21H25BrN4O2S. The van der Waals surface area contributed by atoms with E-state index in [-0.39, 0.29) is 24.2 Å². The van der Waals surface area contributed by atoms with Crippen molar-refractivity contribution in [3.05, 3.63) is 39.8 Å². The van der Waals surface area contributed by atoms with Gasteiger partial charge in [0.05, 0.1) is 17.3 Å². The number of anilines is 2. The van der Waals surface area contributed by atoms with Gasteiger partial charge in [-0.1, -0.05) is 19.1 Å². The SMILES string of the molecule is CC1CCN(Cc2csc(NC(=O)C3CC(=O)N(c4ccccc4Br)C3)n2)CC1. The summed E-state index contributed by atoms with van der Waals surface area (Å²) < 4.78 is 0.853. The van der Waals surface area contributed by atoms with Crippen molar-refractivity contribution in [1.29, 1.82) is 0 Å². The first-order chi connectivity index (χ1) is 14.0. The Labute approximate surface area is 183 Å². The van der Waals surface area contributed by atoms with Crippen LogP contribution in [0.1, 0.15) is 31.9 Å². The fraction of sp³-hybridized carbons (Fsp3) is 0.476. The summed E-state index contributed by atoms with van der Waals surface area (Å²) in [5.74, 6) is 0.268. The second kappa shape index (κ2) is 8.93. The standard InChI is InChI=1S/C21H25BrN4O2S/c1-14-6-8-25(9-7-14)12-16-13-29-21(23-16)24-20(28)15-10-19(27)26(11-15)18-5-3-2-4-17(18)22/h2-5,13-15H,6-12H2,1H3,(H,23,24,28). The minimum absolute atomic E-state index is 0.0313. The van der Waals surface area contributed by atoms with Gasteiger partial charge in [-0.05, 0) is 59.9 Å². The summed E-state index contributed by atoms with van der Waals surface area (Å²) in [6, 6.07) is 7.58. The lowest BCUT2D eigenvalue weighted by Crippen LogP contribution is -2.32. The number of carbonyl (C=O) groups excluding carboxylic acids is 2. The number of para-hydroxylation sites is 1. The summed E-state index contributed by atoms with van der Waals surface area (Å²) in [7, 11) is 0. The van der Waals surface area contributed by atoms with E-state index in [1.807, 2.05) is 29.6 Å². The largest absolute Gasteiger partial charge is 0.310 e. The van der Waals surface area contributed by atoms with Crippen LogP contribution in [0.4, 0.5) is 10.8 Å². The number of amides is 2.